The largest absolute Gasteiger partial charge is 0.396 e. The number of rotatable bonds is 10. The minimum absolute atomic E-state index is 0.300. The van der Waals surface area contributed by atoms with Crippen LogP contribution >= 0.6 is 0 Å². The van der Waals surface area contributed by atoms with Gasteiger partial charge in [0, 0.05) is 13.2 Å². The average molecular weight is 214 g/mol. The summed E-state index contributed by atoms with van der Waals surface area (Å²) < 4.78 is 5.65. The van der Waals surface area contributed by atoms with Crippen molar-refractivity contribution in [1.82, 2.24) is 0 Å². The third kappa shape index (κ3) is 9.95. The number of ether oxygens (including phenoxy) is 1. The van der Waals surface area contributed by atoms with Gasteiger partial charge in [-0.05, 0) is 45.4 Å². The van der Waals surface area contributed by atoms with Crippen molar-refractivity contribution in [2.24, 2.45) is 0 Å². The Kier molecular flexibility index (Phi) is 11.5. The Morgan fingerprint density at radius 2 is 1.93 bits per heavy atom. The molecule has 0 bridgehead atoms. The molecule has 0 amide bonds. The van der Waals surface area contributed by atoms with Crippen LogP contribution in [0.1, 0.15) is 52.4 Å². The number of aliphatic hydroxyl groups excluding tert-OH is 1. The highest BCUT2D eigenvalue weighted by Crippen LogP contribution is 2.11. The number of allylic oxidation sites excluding steroid dienone is 2. The first-order chi connectivity index (χ1) is 7.35. The third-order valence-corrected chi connectivity index (χ3v) is 2.39. The van der Waals surface area contributed by atoms with Crippen LogP contribution in [-0.2, 0) is 4.74 Å². The van der Waals surface area contributed by atoms with Gasteiger partial charge in [-0.25, -0.2) is 0 Å². The van der Waals surface area contributed by atoms with E-state index in [-0.39, 0.29) is 0 Å². The first-order valence-electron chi connectivity index (χ1n) is 6.22. The summed E-state index contributed by atoms with van der Waals surface area (Å²) in [7, 11) is 0. The molecule has 0 saturated heterocycles. The van der Waals surface area contributed by atoms with Crippen LogP contribution in [0.15, 0.2) is 12.2 Å². The topological polar surface area (TPSA) is 29.5 Å². The average Bonchev–Trinajstić information content (AvgIpc) is 2.24. The first kappa shape index (κ1) is 14.7. The fraction of sp³-hybridized carbons (Fsp3) is 0.846. The van der Waals surface area contributed by atoms with E-state index >= 15 is 0 Å². The molecule has 0 saturated carbocycles. The maximum absolute atomic E-state index is 8.70. The van der Waals surface area contributed by atoms with Crippen molar-refractivity contribution in [3.05, 3.63) is 12.2 Å². The van der Waals surface area contributed by atoms with Crippen LogP contribution in [-0.4, -0.2) is 24.4 Å². The van der Waals surface area contributed by atoms with Crippen LogP contribution in [0.3, 0.4) is 0 Å². The van der Waals surface area contributed by atoms with Gasteiger partial charge in [-0.1, -0.05) is 19.1 Å². The zero-order chi connectivity index (χ0) is 11.4. The molecule has 0 rings (SSSR count). The highest BCUT2D eigenvalue weighted by Gasteiger charge is 2.06. The highest BCUT2D eigenvalue weighted by atomic mass is 16.5. The summed E-state index contributed by atoms with van der Waals surface area (Å²) in [6.45, 7) is 5.29. The van der Waals surface area contributed by atoms with Gasteiger partial charge in [0.25, 0.3) is 0 Å². The third-order valence-electron chi connectivity index (χ3n) is 2.39. The summed E-state index contributed by atoms with van der Waals surface area (Å²) in [6.07, 6.45) is 11.2. The normalized spacial score (nSPS) is 13.5. The first-order valence-corrected chi connectivity index (χ1v) is 6.22. The van der Waals surface area contributed by atoms with Gasteiger partial charge in [0.15, 0.2) is 0 Å². The number of unbranched alkanes of at least 4 members (excludes halogenated alkanes) is 1. The van der Waals surface area contributed by atoms with Gasteiger partial charge in [0.2, 0.25) is 0 Å². The number of aliphatic hydroxyl groups is 1. The maximum atomic E-state index is 8.70. The van der Waals surface area contributed by atoms with Crippen molar-refractivity contribution in [3.8, 4) is 0 Å². The summed E-state index contributed by atoms with van der Waals surface area (Å²) in [5.41, 5.74) is 0. The van der Waals surface area contributed by atoms with Crippen LogP contribution in [0.5, 0.6) is 0 Å². The molecule has 0 radical (unpaired) electrons. The molecule has 0 aliphatic rings. The summed E-state index contributed by atoms with van der Waals surface area (Å²) in [5.74, 6) is 0. The number of hydrogen-bond donors (Lipinski definition) is 1. The number of hydrogen-bond acceptors (Lipinski definition) is 2. The van der Waals surface area contributed by atoms with Crippen molar-refractivity contribution in [1.29, 1.82) is 0 Å². The minimum Gasteiger partial charge on any atom is -0.396 e. The van der Waals surface area contributed by atoms with Gasteiger partial charge in [-0.2, -0.15) is 0 Å². The molecular weight excluding hydrogens is 188 g/mol. The molecule has 0 unspecified atom stereocenters. The second kappa shape index (κ2) is 11.7. The zero-order valence-electron chi connectivity index (χ0n) is 10.2. The lowest BCUT2D eigenvalue weighted by Crippen LogP contribution is -2.12. The standard InChI is InChI=1S/C13H26O2/c1-3-5-6-7-10-13(15-4-2)11-8-9-12-14/h5-6,13-14H,3-4,7-12H2,1-2H3/b6-5-/t13-/m0/s1. The fourth-order valence-corrected chi connectivity index (χ4v) is 1.60. The van der Waals surface area contributed by atoms with Gasteiger partial charge in [0.05, 0.1) is 6.10 Å². The Hall–Kier alpha value is -0.340. The molecule has 2 nitrogen and oxygen atoms in total. The zero-order valence-corrected chi connectivity index (χ0v) is 10.2. The maximum Gasteiger partial charge on any atom is 0.0578 e. The Morgan fingerprint density at radius 1 is 1.13 bits per heavy atom. The van der Waals surface area contributed by atoms with Crippen molar-refractivity contribution in [2.45, 2.75) is 58.5 Å². The van der Waals surface area contributed by atoms with Gasteiger partial charge in [-0.15, -0.1) is 0 Å². The summed E-state index contributed by atoms with van der Waals surface area (Å²) in [4.78, 5) is 0. The second-order valence-corrected chi connectivity index (χ2v) is 3.75. The monoisotopic (exact) mass is 214 g/mol. The van der Waals surface area contributed by atoms with E-state index in [0.29, 0.717) is 12.7 Å². The van der Waals surface area contributed by atoms with E-state index in [4.69, 9.17) is 9.84 Å². The van der Waals surface area contributed by atoms with Crippen LogP contribution < -0.4 is 0 Å². The van der Waals surface area contributed by atoms with Crippen LogP contribution in [0, 0.1) is 0 Å². The van der Waals surface area contributed by atoms with Crippen molar-refractivity contribution in [3.63, 3.8) is 0 Å². The van der Waals surface area contributed by atoms with Crippen molar-refractivity contribution < 1.29 is 9.84 Å². The van der Waals surface area contributed by atoms with Crippen LogP contribution in [0.25, 0.3) is 0 Å². The molecule has 90 valence electrons. The molecule has 1 N–H and O–H groups in total. The van der Waals surface area contributed by atoms with E-state index < -0.39 is 0 Å². The highest BCUT2D eigenvalue weighted by molar-refractivity contribution is 4.81. The lowest BCUT2D eigenvalue weighted by Gasteiger charge is -2.15. The molecule has 2 heteroatoms. The molecule has 1 atom stereocenters. The second-order valence-electron chi connectivity index (χ2n) is 3.75. The van der Waals surface area contributed by atoms with Gasteiger partial charge >= 0.3 is 0 Å². The van der Waals surface area contributed by atoms with E-state index in [9.17, 15) is 0 Å². The quantitative estimate of drug-likeness (QED) is 0.446. The van der Waals surface area contributed by atoms with Crippen molar-refractivity contribution in [2.75, 3.05) is 13.2 Å². The fourth-order valence-electron chi connectivity index (χ4n) is 1.60. The van der Waals surface area contributed by atoms with E-state index in [1.807, 2.05) is 6.92 Å². The Balaban J connectivity index is 3.57. The van der Waals surface area contributed by atoms with Gasteiger partial charge in [0.1, 0.15) is 0 Å². The van der Waals surface area contributed by atoms with Crippen LogP contribution in [0.4, 0.5) is 0 Å². The molecule has 0 heterocycles. The lowest BCUT2D eigenvalue weighted by molar-refractivity contribution is 0.0488. The molecule has 0 aromatic rings. The molecular formula is C13H26O2. The summed E-state index contributed by atoms with van der Waals surface area (Å²) >= 11 is 0. The van der Waals surface area contributed by atoms with E-state index in [2.05, 4.69) is 19.1 Å². The Bertz CT molecular complexity index is 143. The minimum atomic E-state index is 0.300. The summed E-state index contributed by atoms with van der Waals surface area (Å²) in [5, 5.41) is 8.70. The van der Waals surface area contributed by atoms with Crippen LogP contribution in [0.2, 0.25) is 0 Å². The van der Waals surface area contributed by atoms with Gasteiger partial charge < -0.3 is 9.84 Å². The predicted octanol–water partition coefficient (Wildman–Crippen LogP) is 3.30. The lowest BCUT2D eigenvalue weighted by atomic mass is 10.1. The molecule has 0 fully saturated rings. The van der Waals surface area contributed by atoms with E-state index in [1.165, 1.54) is 0 Å². The summed E-state index contributed by atoms with van der Waals surface area (Å²) in [6, 6.07) is 0. The van der Waals surface area contributed by atoms with Crippen molar-refractivity contribution >= 4 is 0 Å². The Morgan fingerprint density at radius 3 is 2.53 bits per heavy atom. The predicted molar refractivity (Wildman–Crippen MR) is 65.0 cm³/mol. The molecule has 0 aliphatic heterocycles. The van der Waals surface area contributed by atoms with E-state index in [0.717, 1.165) is 45.1 Å². The van der Waals surface area contributed by atoms with Gasteiger partial charge in [-0.3, -0.25) is 0 Å². The Labute approximate surface area is 94.3 Å². The molecule has 0 spiro atoms. The molecule has 15 heavy (non-hydrogen) atoms. The molecule has 0 aliphatic carbocycles. The SMILES string of the molecule is CC/C=C\CC[C@@H](CCCCO)OCC. The van der Waals surface area contributed by atoms with E-state index in [1.54, 1.807) is 0 Å². The molecule has 0 aromatic heterocycles. The smallest absolute Gasteiger partial charge is 0.0578 e. The molecule has 0 aromatic carbocycles.